The summed E-state index contributed by atoms with van der Waals surface area (Å²) in [6.07, 6.45) is 0. The van der Waals surface area contributed by atoms with Crippen LogP contribution < -0.4 is 44.4 Å². The van der Waals surface area contributed by atoms with E-state index in [1.54, 1.807) is 42.5 Å². The lowest BCUT2D eigenvalue weighted by molar-refractivity contribution is -0.118. The Hall–Kier alpha value is -4.03. The Morgan fingerprint density at radius 3 is 2.35 bits per heavy atom. The lowest BCUT2D eigenvalue weighted by Crippen LogP contribution is -3.00. The number of carbonyl (C=O) groups excluding carboxylic acids is 3. The molecular weight excluding hydrogens is 585 g/mol. The van der Waals surface area contributed by atoms with Crippen molar-refractivity contribution in [1.82, 2.24) is 11.5 Å². The molecule has 0 atom stereocenters. The van der Waals surface area contributed by atoms with Crippen LogP contribution in [0.5, 0.6) is 11.5 Å². The molecular formula is C26H30Cl3N5O6. The summed E-state index contributed by atoms with van der Waals surface area (Å²) in [7, 11) is 2.74. The number of nitrogens with two attached hydrogens (primary N) is 1. The summed E-state index contributed by atoms with van der Waals surface area (Å²) in [6, 6.07) is 15.7. The van der Waals surface area contributed by atoms with E-state index in [9.17, 15) is 14.4 Å². The first-order valence-electron chi connectivity index (χ1n) is 10.9. The van der Waals surface area contributed by atoms with Gasteiger partial charge in [0.1, 0.15) is 17.3 Å². The molecule has 3 aromatic carbocycles. The Kier molecular flexibility index (Phi) is 15.1. The van der Waals surface area contributed by atoms with Gasteiger partial charge in [0.2, 0.25) is 0 Å². The number of hydrogen-bond acceptors (Lipinski definition) is 7. The first-order valence-corrected chi connectivity index (χ1v) is 11.3. The average molecular weight is 615 g/mol. The quantitative estimate of drug-likeness (QED) is 0.129. The Morgan fingerprint density at radius 2 is 1.70 bits per heavy atom. The van der Waals surface area contributed by atoms with Gasteiger partial charge in [-0.15, -0.1) is 12.4 Å². The van der Waals surface area contributed by atoms with Crippen LogP contribution in [-0.4, -0.2) is 44.4 Å². The van der Waals surface area contributed by atoms with Crippen molar-refractivity contribution >= 4 is 53.3 Å². The van der Waals surface area contributed by atoms with Crippen molar-refractivity contribution in [2.75, 3.05) is 26.1 Å². The third-order valence-electron chi connectivity index (χ3n) is 5.11. The number of quaternary nitrogens is 1. The van der Waals surface area contributed by atoms with Gasteiger partial charge in [0.25, 0.3) is 11.8 Å². The van der Waals surface area contributed by atoms with E-state index in [0.717, 1.165) is 0 Å². The highest BCUT2D eigenvalue weighted by molar-refractivity contribution is 6.31. The van der Waals surface area contributed by atoms with Gasteiger partial charge < -0.3 is 49.1 Å². The maximum absolute atomic E-state index is 12.7. The molecule has 0 heterocycles. The Bertz CT molecular complexity index is 1360. The number of nitrogen functional groups attached to an aromatic ring is 1. The molecule has 216 valence electrons. The van der Waals surface area contributed by atoms with Gasteiger partial charge in [0.15, 0.2) is 6.61 Å². The molecule has 0 saturated heterocycles. The topological polar surface area (TPSA) is 189 Å². The molecule has 9 N–H and O–H groups in total. The molecule has 2 amide bonds. The molecule has 3 aromatic rings. The third-order valence-corrected chi connectivity index (χ3v) is 5.33. The first kappa shape index (κ1) is 36.0. The van der Waals surface area contributed by atoms with E-state index in [1.165, 1.54) is 32.4 Å². The van der Waals surface area contributed by atoms with Crippen LogP contribution in [0.15, 0.2) is 60.7 Å². The van der Waals surface area contributed by atoms with Gasteiger partial charge in [-0.3, -0.25) is 15.0 Å². The van der Waals surface area contributed by atoms with Crippen molar-refractivity contribution in [3.8, 4) is 11.5 Å². The van der Waals surface area contributed by atoms with Crippen LogP contribution >= 0.6 is 24.0 Å². The fourth-order valence-electron chi connectivity index (χ4n) is 3.27. The van der Waals surface area contributed by atoms with Crippen molar-refractivity contribution in [2.24, 2.45) is 5.73 Å². The van der Waals surface area contributed by atoms with Gasteiger partial charge in [-0.2, -0.15) is 0 Å². The maximum atomic E-state index is 12.7. The minimum atomic E-state index is -0.531. The van der Waals surface area contributed by atoms with Crippen molar-refractivity contribution in [3.63, 3.8) is 0 Å². The second-order valence-corrected chi connectivity index (χ2v) is 8.14. The maximum Gasteiger partial charge on any atom is 0.337 e. The number of halogens is 3. The first-order chi connectivity index (χ1) is 17.7. The SMILES string of the molecule is COC(=O)c1cccc(NC(=O)COc2cc(C(=N)N)ccc2CNC(=O)c2cc(Cl)cc(OC)c2)c1.Cl.[Cl-].[NH4+]. The second kappa shape index (κ2) is 16.8. The van der Waals surface area contributed by atoms with Gasteiger partial charge in [0, 0.05) is 33.9 Å². The summed E-state index contributed by atoms with van der Waals surface area (Å²) in [5.74, 6) is -0.903. The average Bonchev–Trinajstić information content (AvgIpc) is 2.89. The van der Waals surface area contributed by atoms with Crippen LogP contribution in [0.3, 0.4) is 0 Å². The summed E-state index contributed by atoms with van der Waals surface area (Å²) >= 11 is 6.05. The molecule has 0 saturated carbocycles. The smallest absolute Gasteiger partial charge is 0.337 e. The summed E-state index contributed by atoms with van der Waals surface area (Å²) in [6.45, 7) is -0.319. The van der Waals surface area contributed by atoms with Crippen LogP contribution in [0.25, 0.3) is 0 Å². The number of benzene rings is 3. The Labute approximate surface area is 248 Å². The molecule has 0 aromatic heterocycles. The van der Waals surface area contributed by atoms with Crippen molar-refractivity contribution < 1.29 is 41.0 Å². The van der Waals surface area contributed by atoms with Crippen molar-refractivity contribution in [2.45, 2.75) is 6.54 Å². The zero-order valence-electron chi connectivity index (χ0n) is 21.9. The Morgan fingerprint density at radius 1 is 0.975 bits per heavy atom. The molecule has 0 bridgehead atoms. The predicted octanol–water partition coefficient (Wildman–Crippen LogP) is 1.17. The second-order valence-electron chi connectivity index (χ2n) is 7.71. The lowest BCUT2D eigenvalue weighted by atomic mass is 10.1. The number of carbonyl (C=O) groups is 3. The van der Waals surface area contributed by atoms with Gasteiger partial charge >= 0.3 is 5.97 Å². The zero-order valence-corrected chi connectivity index (χ0v) is 24.2. The van der Waals surface area contributed by atoms with Crippen LogP contribution in [0.2, 0.25) is 5.02 Å². The summed E-state index contributed by atoms with van der Waals surface area (Å²) in [4.78, 5) is 36.9. The highest BCUT2D eigenvalue weighted by Crippen LogP contribution is 2.23. The van der Waals surface area contributed by atoms with E-state index < -0.39 is 17.8 Å². The molecule has 0 fully saturated rings. The monoisotopic (exact) mass is 613 g/mol. The van der Waals surface area contributed by atoms with Crippen LogP contribution in [-0.2, 0) is 16.1 Å². The molecule has 0 aliphatic rings. The fourth-order valence-corrected chi connectivity index (χ4v) is 3.50. The normalized spacial score (nSPS) is 9.47. The van der Waals surface area contributed by atoms with Gasteiger partial charge in [-0.1, -0.05) is 29.8 Å². The number of anilines is 1. The number of methoxy groups -OCH3 is 2. The van der Waals surface area contributed by atoms with E-state index in [2.05, 4.69) is 15.4 Å². The van der Waals surface area contributed by atoms with E-state index in [4.69, 9.17) is 32.2 Å². The minimum Gasteiger partial charge on any atom is -1.00 e. The number of amidine groups is 1. The van der Waals surface area contributed by atoms with Crippen molar-refractivity contribution in [3.05, 3.63) is 87.9 Å². The molecule has 0 aliphatic heterocycles. The minimum absolute atomic E-state index is 0. The Balaban J connectivity index is 0.00000507. The molecule has 3 rings (SSSR count). The van der Waals surface area contributed by atoms with Crippen LogP contribution in [0, 0.1) is 5.41 Å². The van der Waals surface area contributed by atoms with Gasteiger partial charge in [-0.05, 0) is 42.5 Å². The van der Waals surface area contributed by atoms with E-state index >= 15 is 0 Å². The number of amides is 2. The predicted molar refractivity (Wildman–Crippen MR) is 152 cm³/mol. The zero-order chi connectivity index (χ0) is 26.9. The summed E-state index contributed by atoms with van der Waals surface area (Å²) in [5, 5.41) is 13.5. The largest absolute Gasteiger partial charge is 1.00 e. The molecule has 14 heteroatoms. The van der Waals surface area contributed by atoms with Crippen LogP contribution in [0.1, 0.15) is 31.8 Å². The van der Waals surface area contributed by atoms with Gasteiger partial charge in [-0.25, -0.2) is 4.79 Å². The summed E-state index contributed by atoms with van der Waals surface area (Å²) < 4.78 is 15.5. The van der Waals surface area contributed by atoms with Crippen molar-refractivity contribution in [1.29, 1.82) is 5.41 Å². The van der Waals surface area contributed by atoms with Crippen LogP contribution in [0.4, 0.5) is 5.69 Å². The number of ether oxygens (including phenoxy) is 3. The highest BCUT2D eigenvalue weighted by atomic mass is 35.5. The molecule has 40 heavy (non-hydrogen) atoms. The number of nitrogens with one attached hydrogen (secondary N) is 3. The standard InChI is InChI=1S/C26H25ClN4O6.2ClH.H3N/c1-35-21-10-18(8-19(27)12-21)25(33)30-13-17-7-6-15(24(28)29)11-22(17)37-14-23(32)31-20-5-3-4-16(9-20)26(34)36-2;;;/h3-12H,13-14H2,1-2H3,(H3,28,29)(H,30,33)(H,31,32);2*1H;1H3. The van der Waals surface area contributed by atoms with E-state index in [-0.39, 0.29) is 61.3 Å². The van der Waals surface area contributed by atoms with E-state index in [0.29, 0.717) is 33.1 Å². The number of rotatable bonds is 10. The molecule has 0 spiro atoms. The molecule has 0 unspecified atom stereocenters. The third kappa shape index (κ3) is 9.93. The lowest BCUT2D eigenvalue weighted by Gasteiger charge is -2.14. The molecule has 11 nitrogen and oxygen atoms in total. The van der Waals surface area contributed by atoms with E-state index in [1.807, 2.05) is 0 Å². The summed E-state index contributed by atoms with van der Waals surface area (Å²) in [5.41, 5.74) is 7.51. The molecule has 0 radical (unpaired) electrons. The highest BCUT2D eigenvalue weighted by Gasteiger charge is 2.14. The van der Waals surface area contributed by atoms with Gasteiger partial charge in [0.05, 0.1) is 19.8 Å². The number of esters is 1. The fraction of sp³-hybridized carbons (Fsp3) is 0.154. The molecule has 0 aliphatic carbocycles. The number of hydrogen-bond donors (Lipinski definition) is 5.